The predicted octanol–water partition coefficient (Wildman–Crippen LogP) is 1.34. The van der Waals surface area contributed by atoms with E-state index in [1.165, 1.54) is 32.4 Å². The first-order chi connectivity index (χ1) is 9.76. The van der Waals surface area contributed by atoms with E-state index < -0.39 is 0 Å². The second kappa shape index (κ2) is 5.79. The quantitative estimate of drug-likeness (QED) is 0.850. The molecule has 0 bridgehead atoms. The Bertz CT molecular complexity index is 487. The van der Waals surface area contributed by atoms with Gasteiger partial charge in [0, 0.05) is 38.1 Å². The van der Waals surface area contributed by atoms with Crippen LogP contribution in [0.5, 0.6) is 0 Å². The molecule has 1 saturated carbocycles. The summed E-state index contributed by atoms with van der Waals surface area (Å²) >= 11 is 0. The number of rotatable bonds is 5. The van der Waals surface area contributed by atoms with E-state index in [0.29, 0.717) is 11.6 Å². The zero-order valence-corrected chi connectivity index (χ0v) is 11.9. The lowest BCUT2D eigenvalue weighted by Gasteiger charge is -2.15. The van der Waals surface area contributed by atoms with Crippen LogP contribution >= 0.6 is 0 Å². The van der Waals surface area contributed by atoms with Gasteiger partial charge in [-0.3, -0.25) is 9.78 Å². The first-order valence-electron chi connectivity index (χ1n) is 7.42. The normalized spacial score (nSPS) is 22.8. The molecule has 108 valence electrons. The summed E-state index contributed by atoms with van der Waals surface area (Å²) in [7, 11) is 1.62. The summed E-state index contributed by atoms with van der Waals surface area (Å²) in [6, 6.07) is 4.60. The lowest BCUT2D eigenvalue weighted by atomic mass is 10.1. The molecule has 2 heterocycles. The molecule has 0 radical (unpaired) electrons. The third-order valence-electron chi connectivity index (χ3n) is 4.20. The van der Waals surface area contributed by atoms with Crippen molar-refractivity contribution in [1.29, 1.82) is 0 Å². The molecule has 2 fully saturated rings. The Hall–Kier alpha value is -1.62. The summed E-state index contributed by atoms with van der Waals surface area (Å²) in [5.74, 6) is 0.571. The van der Waals surface area contributed by atoms with E-state index in [1.807, 2.05) is 12.1 Å². The van der Waals surface area contributed by atoms with Gasteiger partial charge in [-0.1, -0.05) is 0 Å². The van der Waals surface area contributed by atoms with Gasteiger partial charge in [0.1, 0.15) is 5.69 Å². The van der Waals surface area contributed by atoms with E-state index in [9.17, 15) is 4.79 Å². The van der Waals surface area contributed by atoms with Crippen molar-refractivity contribution >= 4 is 11.6 Å². The number of nitrogens with zero attached hydrogens (tertiary/aromatic N) is 2. The molecule has 3 rings (SSSR count). The Kier molecular flexibility index (Phi) is 3.87. The smallest absolute Gasteiger partial charge is 0.269 e. The minimum absolute atomic E-state index is 0.144. The average molecular weight is 274 g/mol. The highest BCUT2D eigenvalue weighted by molar-refractivity contribution is 5.92. The van der Waals surface area contributed by atoms with E-state index >= 15 is 0 Å². The van der Waals surface area contributed by atoms with E-state index in [-0.39, 0.29) is 5.91 Å². The third kappa shape index (κ3) is 3.10. The number of pyridine rings is 1. The van der Waals surface area contributed by atoms with Gasteiger partial charge in [0.15, 0.2) is 0 Å². The maximum atomic E-state index is 11.5. The Morgan fingerprint density at radius 3 is 3.05 bits per heavy atom. The van der Waals surface area contributed by atoms with Gasteiger partial charge in [-0.25, -0.2) is 0 Å². The molecule has 1 amide bonds. The van der Waals surface area contributed by atoms with Crippen LogP contribution in [-0.2, 0) is 0 Å². The van der Waals surface area contributed by atoms with Crippen LogP contribution in [-0.4, -0.2) is 48.5 Å². The molecule has 1 unspecified atom stereocenters. The minimum atomic E-state index is -0.144. The molecule has 1 aliphatic carbocycles. The van der Waals surface area contributed by atoms with Crippen molar-refractivity contribution in [2.45, 2.75) is 25.3 Å². The van der Waals surface area contributed by atoms with E-state index in [1.54, 1.807) is 13.2 Å². The van der Waals surface area contributed by atoms with Crippen LogP contribution in [0.25, 0.3) is 0 Å². The van der Waals surface area contributed by atoms with Crippen molar-refractivity contribution in [3.8, 4) is 0 Å². The van der Waals surface area contributed by atoms with Gasteiger partial charge >= 0.3 is 0 Å². The van der Waals surface area contributed by atoms with Crippen molar-refractivity contribution in [2.24, 2.45) is 5.92 Å². The summed E-state index contributed by atoms with van der Waals surface area (Å²) < 4.78 is 0. The first-order valence-corrected chi connectivity index (χ1v) is 7.42. The van der Waals surface area contributed by atoms with Crippen molar-refractivity contribution in [2.75, 3.05) is 32.0 Å². The first kappa shape index (κ1) is 13.4. The molecule has 2 N–H and O–H groups in total. The Labute approximate surface area is 119 Å². The SMILES string of the molecule is CNC(=O)c1cc(NCC2CCN(C3CC3)C2)ccn1. The summed E-state index contributed by atoms with van der Waals surface area (Å²) in [6.07, 6.45) is 5.73. The number of amides is 1. The summed E-state index contributed by atoms with van der Waals surface area (Å²) in [4.78, 5) is 18.2. The number of nitrogens with one attached hydrogen (secondary N) is 2. The van der Waals surface area contributed by atoms with Gasteiger partial charge in [-0.15, -0.1) is 0 Å². The molecular weight excluding hydrogens is 252 g/mol. The van der Waals surface area contributed by atoms with Crippen LogP contribution in [0.2, 0.25) is 0 Å². The number of carbonyl (C=O) groups excluding carboxylic acids is 1. The van der Waals surface area contributed by atoms with Crippen molar-refractivity contribution in [3.05, 3.63) is 24.0 Å². The molecule has 2 aliphatic rings. The van der Waals surface area contributed by atoms with Gasteiger partial charge in [0.25, 0.3) is 5.91 Å². The van der Waals surface area contributed by atoms with Crippen LogP contribution in [0.1, 0.15) is 29.8 Å². The Balaban J connectivity index is 1.52. The highest BCUT2D eigenvalue weighted by Crippen LogP contribution is 2.31. The number of carbonyl (C=O) groups is 1. The molecule has 0 spiro atoms. The number of hydrogen-bond donors (Lipinski definition) is 2. The van der Waals surface area contributed by atoms with Gasteiger partial charge in [-0.05, 0) is 43.9 Å². The monoisotopic (exact) mass is 274 g/mol. The number of hydrogen-bond acceptors (Lipinski definition) is 4. The average Bonchev–Trinajstić information content (AvgIpc) is 3.23. The van der Waals surface area contributed by atoms with Gasteiger partial charge in [-0.2, -0.15) is 0 Å². The highest BCUT2D eigenvalue weighted by atomic mass is 16.1. The van der Waals surface area contributed by atoms with Gasteiger partial charge in [0.05, 0.1) is 0 Å². The summed E-state index contributed by atoms with van der Waals surface area (Å²) in [5.41, 5.74) is 1.44. The van der Waals surface area contributed by atoms with Crippen LogP contribution in [0, 0.1) is 5.92 Å². The van der Waals surface area contributed by atoms with Crippen molar-refractivity contribution in [1.82, 2.24) is 15.2 Å². The lowest BCUT2D eigenvalue weighted by molar-refractivity contribution is 0.0958. The molecule has 20 heavy (non-hydrogen) atoms. The fraction of sp³-hybridized carbons (Fsp3) is 0.600. The van der Waals surface area contributed by atoms with Crippen LogP contribution < -0.4 is 10.6 Å². The third-order valence-corrected chi connectivity index (χ3v) is 4.20. The molecule has 5 nitrogen and oxygen atoms in total. The zero-order chi connectivity index (χ0) is 13.9. The fourth-order valence-electron chi connectivity index (χ4n) is 2.86. The van der Waals surface area contributed by atoms with Crippen LogP contribution in [0.3, 0.4) is 0 Å². The molecule has 1 aromatic heterocycles. The summed E-state index contributed by atoms with van der Waals surface area (Å²) in [6.45, 7) is 3.43. The van der Waals surface area contributed by atoms with Crippen molar-refractivity contribution < 1.29 is 4.79 Å². The Morgan fingerprint density at radius 1 is 1.45 bits per heavy atom. The predicted molar refractivity (Wildman–Crippen MR) is 78.8 cm³/mol. The highest BCUT2D eigenvalue weighted by Gasteiger charge is 2.34. The minimum Gasteiger partial charge on any atom is -0.385 e. The van der Waals surface area contributed by atoms with Gasteiger partial charge in [0.2, 0.25) is 0 Å². The molecule has 1 saturated heterocycles. The van der Waals surface area contributed by atoms with Crippen LogP contribution in [0.4, 0.5) is 5.69 Å². The molecule has 1 atom stereocenters. The maximum absolute atomic E-state index is 11.5. The topological polar surface area (TPSA) is 57.3 Å². The van der Waals surface area contributed by atoms with E-state index in [2.05, 4.69) is 20.5 Å². The van der Waals surface area contributed by atoms with E-state index in [0.717, 1.165) is 18.3 Å². The second-order valence-corrected chi connectivity index (χ2v) is 5.77. The number of aromatic nitrogens is 1. The van der Waals surface area contributed by atoms with E-state index in [4.69, 9.17) is 0 Å². The lowest BCUT2D eigenvalue weighted by Crippen LogP contribution is -2.25. The van der Waals surface area contributed by atoms with Gasteiger partial charge < -0.3 is 15.5 Å². The molecule has 1 aliphatic heterocycles. The molecule has 1 aromatic rings. The Morgan fingerprint density at radius 2 is 2.30 bits per heavy atom. The number of anilines is 1. The summed E-state index contributed by atoms with van der Waals surface area (Å²) in [5, 5.41) is 6.03. The standard InChI is InChI=1S/C15H22N4O/c1-16-15(20)14-8-12(4-6-17-14)18-9-11-5-7-19(10-11)13-2-3-13/h4,6,8,11,13H,2-3,5,7,9-10H2,1H3,(H,16,20)(H,17,18). The second-order valence-electron chi connectivity index (χ2n) is 5.77. The largest absolute Gasteiger partial charge is 0.385 e. The molecular formula is C15H22N4O. The maximum Gasteiger partial charge on any atom is 0.269 e. The van der Waals surface area contributed by atoms with Crippen LogP contribution in [0.15, 0.2) is 18.3 Å². The molecule has 5 heteroatoms. The van der Waals surface area contributed by atoms with Crippen molar-refractivity contribution in [3.63, 3.8) is 0 Å². The number of likely N-dealkylation sites (tertiary alicyclic amines) is 1. The zero-order valence-electron chi connectivity index (χ0n) is 11.9. The molecule has 0 aromatic carbocycles. The fourth-order valence-corrected chi connectivity index (χ4v) is 2.86.